The molecule has 0 unspecified atom stereocenters. The van der Waals surface area contributed by atoms with E-state index >= 15 is 0 Å². The molecule has 2 aromatic rings. The average Bonchev–Trinajstić information content (AvgIpc) is 3.03. The third kappa shape index (κ3) is 4.25. The molecule has 0 atom stereocenters. The molecule has 0 saturated carbocycles. The van der Waals surface area contributed by atoms with Gasteiger partial charge in [0.15, 0.2) is 5.03 Å². The van der Waals surface area contributed by atoms with Crippen molar-refractivity contribution in [3.8, 4) is 0 Å². The molecular formula is C12H13N3O4S2. The summed E-state index contributed by atoms with van der Waals surface area (Å²) >= 11 is 1.31. The lowest BCUT2D eigenvalue weighted by molar-refractivity contribution is -0.131. The van der Waals surface area contributed by atoms with Gasteiger partial charge < -0.3 is 9.67 Å². The lowest BCUT2D eigenvalue weighted by atomic mass is 10.4. The number of aromatic nitrogens is 2. The minimum Gasteiger partial charge on any atom is -0.478 e. The Bertz CT molecular complexity index is 774. The molecule has 0 aliphatic rings. The molecule has 0 amide bonds. The fourth-order valence-corrected chi connectivity index (χ4v) is 3.43. The van der Waals surface area contributed by atoms with Crippen molar-refractivity contribution in [2.75, 3.05) is 0 Å². The van der Waals surface area contributed by atoms with Crippen molar-refractivity contribution in [2.24, 2.45) is 7.05 Å². The molecule has 2 aromatic heterocycles. The van der Waals surface area contributed by atoms with Crippen LogP contribution in [-0.2, 0) is 28.4 Å². The van der Waals surface area contributed by atoms with Gasteiger partial charge in [-0.3, -0.25) is 0 Å². The first kappa shape index (κ1) is 15.4. The van der Waals surface area contributed by atoms with Gasteiger partial charge in [0.05, 0.1) is 6.33 Å². The zero-order valence-corrected chi connectivity index (χ0v) is 12.7. The maximum absolute atomic E-state index is 12.0. The number of imidazole rings is 1. The van der Waals surface area contributed by atoms with E-state index in [9.17, 15) is 13.2 Å². The second-order valence-corrected chi connectivity index (χ2v) is 7.09. The Morgan fingerprint density at radius 2 is 2.29 bits per heavy atom. The number of carboxylic acids is 1. The number of carbonyl (C=O) groups is 1. The predicted molar refractivity (Wildman–Crippen MR) is 78.2 cm³/mol. The lowest BCUT2D eigenvalue weighted by Gasteiger charge is -2.01. The Hall–Kier alpha value is -1.97. The number of hydrogen-bond acceptors (Lipinski definition) is 5. The molecule has 0 spiro atoms. The van der Waals surface area contributed by atoms with Crippen LogP contribution in [0.15, 0.2) is 35.8 Å². The molecule has 21 heavy (non-hydrogen) atoms. The number of thiophene rings is 1. The monoisotopic (exact) mass is 327 g/mol. The van der Waals surface area contributed by atoms with Crippen LogP contribution in [0.25, 0.3) is 6.08 Å². The van der Waals surface area contributed by atoms with Gasteiger partial charge in [0.1, 0.15) is 0 Å². The SMILES string of the molecule is Cn1cnc(S(=O)(=O)NCc2ccc(C=CC(=O)O)s2)c1. The van der Waals surface area contributed by atoms with Gasteiger partial charge >= 0.3 is 5.97 Å². The molecule has 0 bridgehead atoms. The zero-order chi connectivity index (χ0) is 15.5. The normalized spacial score (nSPS) is 12.0. The van der Waals surface area contributed by atoms with Crippen LogP contribution in [0.4, 0.5) is 0 Å². The topological polar surface area (TPSA) is 101 Å². The van der Waals surface area contributed by atoms with Crippen molar-refractivity contribution in [3.63, 3.8) is 0 Å². The number of carboxylic acid groups (broad SMARTS) is 1. The smallest absolute Gasteiger partial charge is 0.328 e. The molecule has 2 N–H and O–H groups in total. The molecule has 0 radical (unpaired) electrons. The fourth-order valence-electron chi connectivity index (χ4n) is 1.50. The van der Waals surface area contributed by atoms with Crippen molar-refractivity contribution in [1.82, 2.24) is 14.3 Å². The molecule has 0 aliphatic heterocycles. The zero-order valence-electron chi connectivity index (χ0n) is 11.1. The van der Waals surface area contributed by atoms with E-state index in [0.717, 1.165) is 15.8 Å². The van der Waals surface area contributed by atoms with Crippen LogP contribution in [-0.4, -0.2) is 29.0 Å². The standard InChI is InChI=1S/C12H13N3O4S2/c1-15-7-11(13-8-15)21(18,19)14-6-10-3-2-9(20-10)4-5-12(16)17/h2-5,7-8,14H,6H2,1H3,(H,16,17). The van der Waals surface area contributed by atoms with Gasteiger partial charge in [-0.1, -0.05) is 0 Å². The maximum atomic E-state index is 12.0. The summed E-state index contributed by atoms with van der Waals surface area (Å²) < 4.78 is 27.9. The van der Waals surface area contributed by atoms with E-state index in [2.05, 4.69) is 9.71 Å². The molecule has 9 heteroatoms. The molecule has 7 nitrogen and oxygen atoms in total. The second kappa shape index (κ2) is 6.20. The van der Waals surface area contributed by atoms with Gasteiger partial charge in [-0.2, -0.15) is 0 Å². The summed E-state index contributed by atoms with van der Waals surface area (Å²) in [6.07, 6.45) is 5.32. The van der Waals surface area contributed by atoms with Crippen molar-refractivity contribution in [2.45, 2.75) is 11.6 Å². The second-order valence-electron chi connectivity index (χ2n) is 4.18. The number of nitrogens with one attached hydrogen (secondary N) is 1. The highest BCUT2D eigenvalue weighted by atomic mass is 32.2. The van der Waals surface area contributed by atoms with Gasteiger partial charge in [-0.15, -0.1) is 11.3 Å². The Morgan fingerprint density at radius 3 is 2.90 bits per heavy atom. The first-order valence-corrected chi connectivity index (χ1v) is 8.14. The summed E-state index contributed by atoms with van der Waals surface area (Å²) in [5, 5.41) is 8.50. The summed E-state index contributed by atoms with van der Waals surface area (Å²) in [5.74, 6) is -1.03. The van der Waals surface area contributed by atoms with Crippen LogP contribution in [0, 0.1) is 0 Å². The van der Waals surface area contributed by atoms with Gasteiger partial charge in [-0.25, -0.2) is 22.9 Å². The van der Waals surface area contributed by atoms with Gasteiger partial charge in [-0.05, 0) is 18.2 Å². The van der Waals surface area contributed by atoms with Crippen molar-refractivity contribution in [1.29, 1.82) is 0 Å². The summed E-state index contributed by atoms with van der Waals surface area (Å²) in [6, 6.07) is 3.47. The highest BCUT2D eigenvalue weighted by molar-refractivity contribution is 7.89. The summed E-state index contributed by atoms with van der Waals surface area (Å²) in [6.45, 7) is 0.129. The molecule has 0 saturated heterocycles. The maximum Gasteiger partial charge on any atom is 0.328 e. The number of aryl methyl sites for hydroxylation is 1. The van der Waals surface area contributed by atoms with E-state index in [-0.39, 0.29) is 11.6 Å². The largest absolute Gasteiger partial charge is 0.478 e. The van der Waals surface area contributed by atoms with Crippen LogP contribution >= 0.6 is 11.3 Å². The lowest BCUT2D eigenvalue weighted by Crippen LogP contribution is -2.23. The van der Waals surface area contributed by atoms with Crippen LogP contribution in [0.3, 0.4) is 0 Å². The average molecular weight is 327 g/mol. The van der Waals surface area contributed by atoms with Gasteiger partial charge in [0.25, 0.3) is 10.0 Å². The predicted octanol–water partition coefficient (Wildman–Crippen LogP) is 1.06. The summed E-state index contributed by atoms with van der Waals surface area (Å²) in [7, 11) is -1.95. The Balaban J connectivity index is 2.01. The molecule has 0 aromatic carbocycles. The number of rotatable bonds is 6. The van der Waals surface area contributed by atoms with E-state index < -0.39 is 16.0 Å². The van der Waals surface area contributed by atoms with Crippen molar-refractivity contribution < 1.29 is 18.3 Å². The number of nitrogens with zero attached hydrogens (tertiary/aromatic N) is 2. The number of sulfonamides is 1. The first-order valence-electron chi connectivity index (χ1n) is 5.84. The molecular weight excluding hydrogens is 314 g/mol. The first-order chi connectivity index (χ1) is 9.87. The van der Waals surface area contributed by atoms with Crippen LogP contribution in [0.2, 0.25) is 0 Å². The van der Waals surface area contributed by atoms with Crippen LogP contribution < -0.4 is 4.72 Å². The van der Waals surface area contributed by atoms with E-state index in [0.29, 0.717) is 0 Å². The van der Waals surface area contributed by atoms with Crippen molar-refractivity contribution >= 4 is 33.4 Å². The highest BCUT2D eigenvalue weighted by Gasteiger charge is 2.16. The van der Waals surface area contributed by atoms with Crippen LogP contribution in [0.5, 0.6) is 0 Å². The Kier molecular flexibility index (Phi) is 4.56. The van der Waals surface area contributed by atoms with Gasteiger partial charge in [0, 0.05) is 35.6 Å². The van der Waals surface area contributed by atoms with Gasteiger partial charge in [0.2, 0.25) is 0 Å². The molecule has 2 rings (SSSR count). The molecule has 0 fully saturated rings. The molecule has 0 aliphatic carbocycles. The van der Waals surface area contributed by atoms with E-state index in [1.54, 1.807) is 23.7 Å². The Morgan fingerprint density at radius 1 is 1.52 bits per heavy atom. The summed E-state index contributed by atoms with van der Waals surface area (Å²) in [4.78, 5) is 15.7. The van der Waals surface area contributed by atoms with E-state index in [1.807, 2.05) is 0 Å². The minimum absolute atomic E-state index is 0.0347. The van der Waals surface area contributed by atoms with Crippen molar-refractivity contribution in [3.05, 3.63) is 40.5 Å². The quantitative estimate of drug-likeness (QED) is 0.773. The minimum atomic E-state index is -3.64. The number of aliphatic carboxylic acids is 1. The van der Waals surface area contributed by atoms with E-state index in [1.165, 1.54) is 29.9 Å². The Labute approximate surface area is 125 Å². The number of hydrogen-bond donors (Lipinski definition) is 2. The summed E-state index contributed by atoms with van der Waals surface area (Å²) in [5.41, 5.74) is 0. The fraction of sp³-hybridized carbons (Fsp3) is 0.167. The van der Waals surface area contributed by atoms with Crippen LogP contribution in [0.1, 0.15) is 9.75 Å². The molecule has 112 valence electrons. The molecule has 2 heterocycles. The third-order valence-electron chi connectivity index (χ3n) is 2.47. The van der Waals surface area contributed by atoms with E-state index in [4.69, 9.17) is 5.11 Å². The third-order valence-corrected chi connectivity index (χ3v) is 4.80. The highest BCUT2D eigenvalue weighted by Crippen LogP contribution is 2.18.